The molecule has 0 saturated carbocycles. The lowest BCUT2D eigenvalue weighted by Crippen LogP contribution is -2.45. The molecule has 3 heteroatoms. The molecule has 1 aromatic rings. The number of hydrogen-bond acceptors (Lipinski definition) is 3. The maximum Gasteiger partial charge on any atom is 0.0587 e. The molecule has 3 nitrogen and oxygen atoms in total. The lowest BCUT2D eigenvalue weighted by atomic mass is 10.0. The number of aliphatic hydroxyl groups excluding tert-OH is 1. The van der Waals surface area contributed by atoms with Gasteiger partial charge in [0.1, 0.15) is 0 Å². The van der Waals surface area contributed by atoms with Crippen molar-refractivity contribution >= 4 is 0 Å². The predicted molar refractivity (Wildman–Crippen MR) is 83.7 cm³/mol. The van der Waals surface area contributed by atoms with Crippen molar-refractivity contribution in [2.45, 2.75) is 45.3 Å². The predicted octanol–water partition coefficient (Wildman–Crippen LogP) is 2.43. The Morgan fingerprint density at radius 1 is 1.25 bits per heavy atom. The SMILES string of the molecule is CC(C)[C@@H](CO)N[C@@H]1CCN([C@@H](C)c2ccccc2)C1. The van der Waals surface area contributed by atoms with E-state index in [1.807, 2.05) is 0 Å². The van der Waals surface area contributed by atoms with Crippen LogP contribution in [0.3, 0.4) is 0 Å². The number of aliphatic hydroxyl groups is 1. The molecule has 1 aromatic carbocycles. The molecule has 0 unspecified atom stereocenters. The molecule has 0 aromatic heterocycles. The lowest BCUT2D eigenvalue weighted by Gasteiger charge is -2.27. The van der Waals surface area contributed by atoms with Gasteiger partial charge in [-0.25, -0.2) is 0 Å². The smallest absolute Gasteiger partial charge is 0.0587 e. The van der Waals surface area contributed by atoms with Crippen molar-refractivity contribution in [3.05, 3.63) is 35.9 Å². The topological polar surface area (TPSA) is 35.5 Å². The highest BCUT2D eigenvalue weighted by atomic mass is 16.3. The quantitative estimate of drug-likeness (QED) is 0.837. The number of nitrogens with one attached hydrogen (secondary N) is 1. The molecule has 0 bridgehead atoms. The average molecular weight is 276 g/mol. The summed E-state index contributed by atoms with van der Waals surface area (Å²) in [6, 6.07) is 11.9. The van der Waals surface area contributed by atoms with E-state index in [-0.39, 0.29) is 12.6 Å². The average Bonchev–Trinajstić information content (AvgIpc) is 2.93. The Balaban J connectivity index is 1.89. The molecule has 112 valence electrons. The van der Waals surface area contributed by atoms with Crippen molar-refractivity contribution in [2.24, 2.45) is 5.92 Å². The van der Waals surface area contributed by atoms with Crippen LogP contribution in [0.15, 0.2) is 30.3 Å². The fourth-order valence-corrected chi connectivity index (χ4v) is 2.98. The zero-order valence-electron chi connectivity index (χ0n) is 12.9. The molecule has 1 fully saturated rings. The van der Waals surface area contributed by atoms with Gasteiger partial charge < -0.3 is 10.4 Å². The van der Waals surface area contributed by atoms with Gasteiger partial charge >= 0.3 is 0 Å². The van der Waals surface area contributed by atoms with Gasteiger partial charge in [0.15, 0.2) is 0 Å². The van der Waals surface area contributed by atoms with E-state index in [1.165, 1.54) is 12.0 Å². The molecular formula is C17H28N2O. The second-order valence-corrected chi connectivity index (χ2v) is 6.27. The molecular weight excluding hydrogens is 248 g/mol. The van der Waals surface area contributed by atoms with Crippen molar-refractivity contribution < 1.29 is 5.11 Å². The van der Waals surface area contributed by atoms with Crippen molar-refractivity contribution in [1.82, 2.24) is 10.2 Å². The van der Waals surface area contributed by atoms with Gasteiger partial charge in [-0.15, -0.1) is 0 Å². The maximum atomic E-state index is 9.43. The summed E-state index contributed by atoms with van der Waals surface area (Å²) >= 11 is 0. The van der Waals surface area contributed by atoms with Gasteiger partial charge in [0.25, 0.3) is 0 Å². The zero-order valence-corrected chi connectivity index (χ0v) is 12.9. The van der Waals surface area contributed by atoms with E-state index >= 15 is 0 Å². The summed E-state index contributed by atoms with van der Waals surface area (Å²) in [5.41, 5.74) is 1.38. The summed E-state index contributed by atoms with van der Waals surface area (Å²) in [5, 5.41) is 13.0. The summed E-state index contributed by atoms with van der Waals surface area (Å²) in [6.07, 6.45) is 1.17. The Morgan fingerprint density at radius 2 is 1.95 bits per heavy atom. The van der Waals surface area contributed by atoms with E-state index in [0.717, 1.165) is 13.1 Å². The summed E-state index contributed by atoms with van der Waals surface area (Å²) in [4.78, 5) is 2.53. The largest absolute Gasteiger partial charge is 0.395 e. The second-order valence-electron chi connectivity index (χ2n) is 6.27. The maximum absolute atomic E-state index is 9.43. The van der Waals surface area contributed by atoms with Gasteiger partial charge in [-0.05, 0) is 24.8 Å². The van der Waals surface area contributed by atoms with Crippen molar-refractivity contribution in [1.29, 1.82) is 0 Å². The first kappa shape index (κ1) is 15.5. The lowest BCUT2D eigenvalue weighted by molar-refractivity contribution is 0.194. The van der Waals surface area contributed by atoms with E-state index < -0.39 is 0 Å². The third-order valence-electron chi connectivity index (χ3n) is 4.50. The van der Waals surface area contributed by atoms with Gasteiger partial charge in [0, 0.05) is 31.2 Å². The van der Waals surface area contributed by atoms with Crippen LogP contribution in [-0.2, 0) is 0 Å². The van der Waals surface area contributed by atoms with Crippen LogP contribution in [-0.4, -0.2) is 41.8 Å². The van der Waals surface area contributed by atoms with Gasteiger partial charge in [-0.2, -0.15) is 0 Å². The Hall–Kier alpha value is -0.900. The first-order chi connectivity index (χ1) is 9.61. The summed E-state index contributed by atoms with van der Waals surface area (Å²) in [5.74, 6) is 0.473. The van der Waals surface area contributed by atoms with Crippen LogP contribution in [0.1, 0.15) is 38.8 Å². The number of nitrogens with zero attached hydrogens (tertiary/aromatic N) is 1. The van der Waals surface area contributed by atoms with E-state index in [9.17, 15) is 5.11 Å². The van der Waals surface area contributed by atoms with Gasteiger partial charge in [0.05, 0.1) is 6.61 Å². The van der Waals surface area contributed by atoms with Crippen molar-refractivity contribution in [3.8, 4) is 0 Å². The third-order valence-corrected chi connectivity index (χ3v) is 4.50. The van der Waals surface area contributed by atoms with E-state index in [0.29, 0.717) is 18.0 Å². The Labute approximate surface area is 123 Å². The molecule has 0 spiro atoms. The summed E-state index contributed by atoms with van der Waals surface area (Å²) in [7, 11) is 0. The fraction of sp³-hybridized carbons (Fsp3) is 0.647. The number of benzene rings is 1. The minimum Gasteiger partial charge on any atom is -0.395 e. The Bertz CT molecular complexity index is 393. The van der Waals surface area contributed by atoms with Crippen LogP contribution in [0.25, 0.3) is 0 Å². The van der Waals surface area contributed by atoms with Crippen molar-refractivity contribution in [3.63, 3.8) is 0 Å². The molecule has 0 aliphatic carbocycles. The molecule has 0 amide bonds. The molecule has 20 heavy (non-hydrogen) atoms. The first-order valence-electron chi connectivity index (χ1n) is 7.77. The highest BCUT2D eigenvalue weighted by Crippen LogP contribution is 2.24. The molecule has 3 atom stereocenters. The minimum atomic E-state index is 0.215. The van der Waals surface area contributed by atoms with Crippen LogP contribution < -0.4 is 5.32 Å². The summed E-state index contributed by atoms with van der Waals surface area (Å²) < 4.78 is 0. The number of rotatable bonds is 6. The van der Waals surface area contributed by atoms with Crippen LogP contribution in [0.5, 0.6) is 0 Å². The minimum absolute atomic E-state index is 0.215. The van der Waals surface area contributed by atoms with Gasteiger partial charge in [-0.1, -0.05) is 44.2 Å². The Morgan fingerprint density at radius 3 is 2.55 bits per heavy atom. The van der Waals surface area contributed by atoms with Crippen LogP contribution in [0.2, 0.25) is 0 Å². The second kappa shape index (κ2) is 7.21. The fourth-order valence-electron chi connectivity index (χ4n) is 2.98. The molecule has 1 aliphatic heterocycles. The van der Waals surface area contributed by atoms with Crippen LogP contribution >= 0.6 is 0 Å². The molecule has 2 N–H and O–H groups in total. The Kier molecular flexibility index (Phi) is 5.58. The number of likely N-dealkylation sites (tertiary alicyclic amines) is 1. The van der Waals surface area contributed by atoms with E-state index in [2.05, 4.69) is 61.3 Å². The highest BCUT2D eigenvalue weighted by molar-refractivity contribution is 5.18. The van der Waals surface area contributed by atoms with Crippen molar-refractivity contribution in [2.75, 3.05) is 19.7 Å². The number of hydrogen-bond donors (Lipinski definition) is 2. The standard InChI is InChI=1S/C17H28N2O/c1-13(2)17(12-20)18-16-9-10-19(11-16)14(3)15-7-5-4-6-8-15/h4-8,13-14,16-18,20H,9-12H2,1-3H3/t14-,16+,17+/m0/s1. The third kappa shape index (κ3) is 3.81. The normalized spacial score (nSPS) is 23.1. The first-order valence-corrected chi connectivity index (χ1v) is 7.77. The molecule has 1 aliphatic rings. The van der Waals surface area contributed by atoms with E-state index in [1.54, 1.807) is 0 Å². The highest BCUT2D eigenvalue weighted by Gasteiger charge is 2.28. The van der Waals surface area contributed by atoms with Gasteiger partial charge in [-0.3, -0.25) is 4.90 Å². The summed E-state index contributed by atoms with van der Waals surface area (Å²) in [6.45, 7) is 9.02. The zero-order chi connectivity index (χ0) is 14.5. The monoisotopic (exact) mass is 276 g/mol. The molecule has 2 rings (SSSR count). The van der Waals surface area contributed by atoms with E-state index in [4.69, 9.17) is 0 Å². The molecule has 1 saturated heterocycles. The molecule has 1 heterocycles. The van der Waals surface area contributed by atoms with Gasteiger partial charge in [0.2, 0.25) is 0 Å². The van der Waals surface area contributed by atoms with Crippen LogP contribution in [0, 0.1) is 5.92 Å². The van der Waals surface area contributed by atoms with Crippen LogP contribution in [0.4, 0.5) is 0 Å². The molecule has 0 radical (unpaired) electrons.